The molecule has 0 heterocycles. The molecule has 0 aliphatic heterocycles. The Labute approximate surface area is 94.2 Å². The van der Waals surface area contributed by atoms with Gasteiger partial charge in [0.25, 0.3) is 0 Å². The minimum absolute atomic E-state index is 0.0884. The molecule has 0 aliphatic carbocycles. The molecule has 0 saturated carbocycles. The van der Waals surface area contributed by atoms with Crippen molar-refractivity contribution in [2.45, 2.75) is 13.0 Å². The highest BCUT2D eigenvalue weighted by Gasteiger charge is 2.06. The van der Waals surface area contributed by atoms with Gasteiger partial charge in [-0.1, -0.05) is 30.4 Å². The third kappa shape index (κ3) is 3.10. The van der Waals surface area contributed by atoms with Crippen LogP contribution in [0.5, 0.6) is 0 Å². The molecule has 86 valence electrons. The number of para-hydroxylation sites is 1. The molecule has 0 radical (unpaired) electrons. The van der Waals surface area contributed by atoms with E-state index in [2.05, 4.69) is 5.32 Å². The third-order valence-electron chi connectivity index (χ3n) is 2.11. The highest BCUT2D eigenvalue weighted by Crippen LogP contribution is 2.15. The Morgan fingerprint density at radius 1 is 1.56 bits per heavy atom. The van der Waals surface area contributed by atoms with Crippen molar-refractivity contribution >= 4 is 11.7 Å². The highest BCUT2D eigenvalue weighted by molar-refractivity contribution is 5.92. The van der Waals surface area contributed by atoms with Crippen LogP contribution < -0.4 is 10.4 Å². The van der Waals surface area contributed by atoms with Gasteiger partial charge in [-0.3, -0.25) is 0 Å². The Morgan fingerprint density at radius 3 is 2.81 bits per heavy atom. The molecule has 1 rings (SSSR count). The summed E-state index contributed by atoms with van der Waals surface area (Å²) in [6.45, 7) is 1.72. The van der Waals surface area contributed by atoms with Crippen molar-refractivity contribution in [1.29, 1.82) is 0 Å². The summed E-state index contributed by atoms with van der Waals surface area (Å²) in [5, 5.41) is 22.8. The number of hydrogen-bond acceptors (Lipinski definition) is 4. The van der Waals surface area contributed by atoms with Gasteiger partial charge in [-0.2, -0.15) is 0 Å². The van der Waals surface area contributed by atoms with Gasteiger partial charge >= 0.3 is 0 Å². The van der Waals surface area contributed by atoms with Crippen molar-refractivity contribution in [3.8, 4) is 0 Å². The van der Waals surface area contributed by atoms with E-state index in [4.69, 9.17) is 5.11 Å². The first kappa shape index (κ1) is 12.3. The van der Waals surface area contributed by atoms with E-state index in [-0.39, 0.29) is 18.2 Å². The number of carboxylic acid groups (broad SMARTS) is 1. The van der Waals surface area contributed by atoms with E-state index in [1.54, 1.807) is 30.4 Å². The molecule has 1 aromatic carbocycles. The van der Waals surface area contributed by atoms with Crippen LogP contribution in [-0.4, -0.2) is 23.7 Å². The topological polar surface area (TPSA) is 72.4 Å². The smallest absolute Gasteiger partial charge is 0.0736 e. The zero-order valence-corrected chi connectivity index (χ0v) is 9.01. The van der Waals surface area contributed by atoms with E-state index in [1.807, 2.05) is 6.92 Å². The molecule has 0 aliphatic rings. The second kappa shape index (κ2) is 5.92. The Kier molecular flexibility index (Phi) is 4.54. The van der Waals surface area contributed by atoms with E-state index >= 15 is 0 Å². The Balaban J connectivity index is 2.91. The summed E-state index contributed by atoms with van der Waals surface area (Å²) in [6, 6.07) is 6.14. The Bertz CT molecular complexity index is 388. The van der Waals surface area contributed by atoms with Crippen molar-refractivity contribution in [3.63, 3.8) is 0 Å². The van der Waals surface area contributed by atoms with Gasteiger partial charge in [-0.05, 0) is 13.0 Å². The highest BCUT2D eigenvalue weighted by atomic mass is 16.4. The van der Waals surface area contributed by atoms with Crippen LogP contribution in [0, 0.1) is 0 Å². The van der Waals surface area contributed by atoms with Gasteiger partial charge in [-0.15, -0.1) is 0 Å². The summed E-state index contributed by atoms with van der Waals surface area (Å²) in [6.07, 6.45) is 3.54. The fourth-order valence-electron chi connectivity index (χ4n) is 1.37. The number of aliphatic hydroxyl groups excluding tert-OH is 1. The van der Waals surface area contributed by atoms with Crippen LogP contribution in [0.25, 0.3) is 0 Å². The summed E-state index contributed by atoms with van der Waals surface area (Å²) < 4.78 is 0. The number of carbonyl (C=O) groups is 1. The third-order valence-corrected chi connectivity index (χ3v) is 2.11. The zero-order chi connectivity index (χ0) is 12.0. The van der Waals surface area contributed by atoms with Crippen molar-refractivity contribution < 1.29 is 15.0 Å². The van der Waals surface area contributed by atoms with Gasteiger partial charge in [0.1, 0.15) is 0 Å². The van der Waals surface area contributed by atoms with Crippen LogP contribution >= 0.6 is 0 Å². The normalized spacial score (nSPS) is 12.6. The predicted molar refractivity (Wildman–Crippen MR) is 60.1 cm³/mol. The summed E-state index contributed by atoms with van der Waals surface area (Å²) >= 11 is 0. The molecular weight excluding hydrogens is 206 g/mol. The molecule has 2 N–H and O–H groups in total. The maximum Gasteiger partial charge on any atom is 0.0736 e. The summed E-state index contributed by atoms with van der Waals surface area (Å²) in [5.41, 5.74) is 0.533. The van der Waals surface area contributed by atoms with Gasteiger partial charge < -0.3 is 20.3 Å². The van der Waals surface area contributed by atoms with Gasteiger partial charge in [0.05, 0.1) is 18.6 Å². The number of carboxylic acids is 1. The second-order valence-electron chi connectivity index (χ2n) is 3.29. The van der Waals surface area contributed by atoms with Crippen molar-refractivity contribution in [1.82, 2.24) is 0 Å². The fraction of sp³-hybridized carbons (Fsp3) is 0.250. The molecular formula is C12H14NO3-. The molecule has 4 heteroatoms. The minimum Gasteiger partial charge on any atom is -0.545 e. The Morgan fingerprint density at radius 2 is 2.25 bits per heavy atom. The fourth-order valence-corrected chi connectivity index (χ4v) is 1.37. The summed E-state index contributed by atoms with van der Waals surface area (Å²) in [7, 11) is 0. The van der Waals surface area contributed by atoms with Gasteiger partial charge in [0.2, 0.25) is 0 Å². The first-order valence-electron chi connectivity index (χ1n) is 4.99. The standard InChI is InChI=1S/C12H15NO3/c1-2-5-9(8-14)13-11-7-4-3-6-10(11)12(15)16/h2-7,9,13-14H,8H2,1H3,(H,15,16)/p-1/b5-2-. The van der Waals surface area contributed by atoms with E-state index in [0.717, 1.165) is 0 Å². The first-order chi connectivity index (χ1) is 7.69. The van der Waals surface area contributed by atoms with Crippen molar-refractivity contribution in [3.05, 3.63) is 42.0 Å². The number of benzene rings is 1. The molecule has 1 unspecified atom stereocenters. The molecule has 1 aromatic rings. The van der Waals surface area contributed by atoms with Gasteiger partial charge in [0.15, 0.2) is 0 Å². The monoisotopic (exact) mass is 220 g/mol. The number of carbonyl (C=O) groups excluding carboxylic acids is 1. The molecule has 0 fully saturated rings. The molecule has 4 nitrogen and oxygen atoms in total. The van der Waals surface area contributed by atoms with Crippen LogP contribution in [0.2, 0.25) is 0 Å². The van der Waals surface area contributed by atoms with E-state index in [9.17, 15) is 9.90 Å². The SMILES string of the molecule is C/C=C\C(CO)Nc1ccccc1C(=O)[O-]. The maximum atomic E-state index is 10.8. The molecule has 1 atom stereocenters. The number of aromatic carboxylic acids is 1. The second-order valence-corrected chi connectivity index (χ2v) is 3.29. The lowest BCUT2D eigenvalue weighted by Crippen LogP contribution is -2.27. The molecule has 0 bridgehead atoms. The number of allylic oxidation sites excluding steroid dienone is 1. The van der Waals surface area contributed by atoms with Crippen LogP contribution in [0.15, 0.2) is 36.4 Å². The van der Waals surface area contributed by atoms with Gasteiger partial charge in [-0.25, -0.2) is 0 Å². The maximum absolute atomic E-state index is 10.8. The van der Waals surface area contributed by atoms with Crippen LogP contribution in [0.4, 0.5) is 5.69 Å². The van der Waals surface area contributed by atoms with E-state index in [1.165, 1.54) is 6.07 Å². The lowest BCUT2D eigenvalue weighted by Gasteiger charge is -2.17. The average Bonchev–Trinajstić information content (AvgIpc) is 2.29. The number of rotatable bonds is 5. The van der Waals surface area contributed by atoms with Crippen LogP contribution in [0.3, 0.4) is 0 Å². The van der Waals surface area contributed by atoms with Crippen LogP contribution in [-0.2, 0) is 0 Å². The van der Waals surface area contributed by atoms with E-state index < -0.39 is 5.97 Å². The van der Waals surface area contributed by atoms with Crippen molar-refractivity contribution in [2.24, 2.45) is 0 Å². The molecule has 16 heavy (non-hydrogen) atoms. The molecule has 0 saturated heterocycles. The van der Waals surface area contributed by atoms with Crippen molar-refractivity contribution in [2.75, 3.05) is 11.9 Å². The van der Waals surface area contributed by atoms with E-state index in [0.29, 0.717) is 5.69 Å². The lowest BCUT2D eigenvalue weighted by atomic mass is 10.1. The number of anilines is 1. The van der Waals surface area contributed by atoms with Crippen LogP contribution in [0.1, 0.15) is 17.3 Å². The Hall–Kier alpha value is -1.81. The average molecular weight is 220 g/mol. The molecule has 0 amide bonds. The summed E-state index contributed by atoms with van der Waals surface area (Å²) in [5.74, 6) is -1.24. The first-order valence-corrected chi connectivity index (χ1v) is 4.99. The number of hydrogen-bond donors (Lipinski definition) is 2. The largest absolute Gasteiger partial charge is 0.545 e. The summed E-state index contributed by atoms with van der Waals surface area (Å²) in [4.78, 5) is 10.8. The quantitative estimate of drug-likeness (QED) is 0.704. The lowest BCUT2D eigenvalue weighted by molar-refractivity contribution is -0.254. The number of aliphatic hydroxyl groups is 1. The predicted octanol–water partition coefficient (Wildman–Crippen LogP) is 0.399. The number of nitrogens with one attached hydrogen (secondary N) is 1. The molecule has 0 spiro atoms. The molecule has 0 aromatic heterocycles. The van der Waals surface area contributed by atoms with Gasteiger partial charge in [0, 0.05) is 11.3 Å². The zero-order valence-electron chi connectivity index (χ0n) is 9.01. The minimum atomic E-state index is -1.24.